The van der Waals surface area contributed by atoms with Crippen LogP contribution < -0.4 is 5.32 Å². The third-order valence-electron chi connectivity index (χ3n) is 3.79. The van der Waals surface area contributed by atoms with Crippen LogP contribution in [-0.2, 0) is 0 Å². The molecule has 17 heavy (non-hydrogen) atoms. The molecule has 0 aliphatic carbocycles. The number of nitrogens with zero attached hydrogens (tertiary/aromatic N) is 2. The topological polar surface area (TPSA) is 39.1 Å². The monoisotopic (exact) mass is 237 g/mol. The van der Waals surface area contributed by atoms with E-state index in [1.165, 1.54) is 32.4 Å². The van der Waals surface area contributed by atoms with Gasteiger partial charge in [0, 0.05) is 13.1 Å². The largest absolute Gasteiger partial charge is 0.315 e. The van der Waals surface area contributed by atoms with Gasteiger partial charge in [0.1, 0.15) is 0 Å². The molecule has 0 spiro atoms. The Kier molecular flexibility index (Phi) is 6.54. The van der Waals surface area contributed by atoms with Crippen molar-refractivity contribution >= 4 is 0 Å². The molecule has 0 aromatic rings. The Bertz CT molecular complexity index is 244. The molecule has 2 unspecified atom stereocenters. The summed E-state index contributed by atoms with van der Waals surface area (Å²) in [7, 11) is 2.21. The van der Waals surface area contributed by atoms with Gasteiger partial charge in [-0.3, -0.25) is 0 Å². The van der Waals surface area contributed by atoms with Crippen molar-refractivity contribution < 1.29 is 0 Å². The molecule has 3 nitrogen and oxygen atoms in total. The summed E-state index contributed by atoms with van der Waals surface area (Å²) in [5.41, 5.74) is 0. The standard InChI is InChI=1S/C14H27N3/c1-12(2)14(9-15)10-16-7-6-13-5-4-8-17(3)11-13/h12-14,16H,4-8,10-11H2,1-3H3. The summed E-state index contributed by atoms with van der Waals surface area (Å²) in [5, 5.41) is 12.4. The van der Waals surface area contributed by atoms with Crippen molar-refractivity contribution in [3.05, 3.63) is 0 Å². The van der Waals surface area contributed by atoms with E-state index >= 15 is 0 Å². The minimum absolute atomic E-state index is 0.157. The summed E-state index contributed by atoms with van der Waals surface area (Å²) in [6, 6.07) is 2.38. The number of piperidine rings is 1. The van der Waals surface area contributed by atoms with Gasteiger partial charge in [-0.25, -0.2) is 0 Å². The number of nitriles is 1. The highest BCUT2D eigenvalue weighted by atomic mass is 15.1. The van der Waals surface area contributed by atoms with Gasteiger partial charge in [-0.2, -0.15) is 5.26 Å². The highest BCUT2D eigenvalue weighted by Gasteiger charge is 2.17. The lowest BCUT2D eigenvalue weighted by Gasteiger charge is -2.29. The molecule has 0 aromatic carbocycles. The zero-order valence-electron chi connectivity index (χ0n) is 11.6. The average molecular weight is 237 g/mol. The van der Waals surface area contributed by atoms with E-state index in [0.29, 0.717) is 5.92 Å². The summed E-state index contributed by atoms with van der Waals surface area (Å²) in [5.74, 6) is 1.46. The molecule has 0 bridgehead atoms. The zero-order chi connectivity index (χ0) is 12.7. The lowest BCUT2D eigenvalue weighted by molar-refractivity contribution is 0.201. The summed E-state index contributed by atoms with van der Waals surface area (Å²) in [4.78, 5) is 2.43. The van der Waals surface area contributed by atoms with Crippen LogP contribution in [0.2, 0.25) is 0 Å². The number of hydrogen-bond acceptors (Lipinski definition) is 3. The van der Waals surface area contributed by atoms with Gasteiger partial charge >= 0.3 is 0 Å². The predicted octanol–water partition coefficient (Wildman–Crippen LogP) is 2.10. The van der Waals surface area contributed by atoms with Crippen molar-refractivity contribution in [1.29, 1.82) is 5.26 Å². The maximum atomic E-state index is 8.98. The third-order valence-corrected chi connectivity index (χ3v) is 3.79. The minimum atomic E-state index is 0.157. The molecule has 1 rings (SSSR count). The second kappa shape index (κ2) is 7.68. The van der Waals surface area contributed by atoms with Gasteiger partial charge in [0.05, 0.1) is 12.0 Å². The molecule has 0 saturated carbocycles. The van der Waals surface area contributed by atoms with Crippen LogP contribution in [0.4, 0.5) is 0 Å². The van der Waals surface area contributed by atoms with Crippen LogP contribution in [0.25, 0.3) is 0 Å². The fourth-order valence-corrected chi connectivity index (χ4v) is 2.50. The number of nitrogens with one attached hydrogen (secondary N) is 1. The summed E-state index contributed by atoms with van der Waals surface area (Å²) in [6.07, 6.45) is 3.96. The van der Waals surface area contributed by atoms with Crippen molar-refractivity contribution in [2.24, 2.45) is 17.8 Å². The Balaban J connectivity index is 2.09. The minimum Gasteiger partial charge on any atom is -0.315 e. The van der Waals surface area contributed by atoms with E-state index in [9.17, 15) is 0 Å². The smallest absolute Gasteiger partial charge is 0.0671 e. The van der Waals surface area contributed by atoms with Crippen molar-refractivity contribution in [2.75, 3.05) is 33.2 Å². The van der Waals surface area contributed by atoms with E-state index in [1.54, 1.807) is 0 Å². The van der Waals surface area contributed by atoms with E-state index in [-0.39, 0.29) is 5.92 Å². The molecule has 1 heterocycles. The molecular weight excluding hydrogens is 210 g/mol. The van der Waals surface area contributed by atoms with E-state index in [2.05, 4.69) is 37.2 Å². The molecule has 0 radical (unpaired) electrons. The van der Waals surface area contributed by atoms with E-state index in [4.69, 9.17) is 5.26 Å². The molecule has 1 N–H and O–H groups in total. The van der Waals surface area contributed by atoms with Gasteiger partial charge in [0.2, 0.25) is 0 Å². The lowest BCUT2D eigenvalue weighted by Crippen LogP contribution is -2.34. The van der Waals surface area contributed by atoms with E-state index in [1.807, 2.05) is 0 Å². The summed E-state index contributed by atoms with van der Waals surface area (Å²) >= 11 is 0. The van der Waals surface area contributed by atoms with Crippen molar-refractivity contribution in [3.63, 3.8) is 0 Å². The molecule has 1 fully saturated rings. The van der Waals surface area contributed by atoms with Gasteiger partial charge in [-0.1, -0.05) is 13.8 Å². The first-order valence-electron chi connectivity index (χ1n) is 6.92. The highest BCUT2D eigenvalue weighted by molar-refractivity contribution is 4.86. The van der Waals surface area contributed by atoms with E-state index < -0.39 is 0 Å². The molecule has 1 saturated heterocycles. The van der Waals surface area contributed by atoms with Gasteiger partial charge in [0.25, 0.3) is 0 Å². The Hall–Kier alpha value is -0.590. The van der Waals surface area contributed by atoms with Crippen LogP contribution >= 0.6 is 0 Å². The quantitative estimate of drug-likeness (QED) is 0.719. The molecule has 0 aromatic heterocycles. The maximum Gasteiger partial charge on any atom is 0.0671 e. The molecular formula is C14H27N3. The van der Waals surface area contributed by atoms with E-state index in [0.717, 1.165) is 19.0 Å². The SMILES string of the molecule is CC(C)C(C#N)CNCCC1CCCN(C)C1. The molecule has 3 heteroatoms. The average Bonchev–Trinajstić information content (AvgIpc) is 2.28. The Morgan fingerprint density at radius 1 is 1.47 bits per heavy atom. The van der Waals surface area contributed by atoms with Gasteiger partial charge in [0.15, 0.2) is 0 Å². The maximum absolute atomic E-state index is 8.98. The van der Waals surface area contributed by atoms with Gasteiger partial charge in [-0.05, 0) is 51.2 Å². The predicted molar refractivity (Wildman–Crippen MR) is 71.6 cm³/mol. The Morgan fingerprint density at radius 2 is 2.24 bits per heavy atom. The van der Waals surface area contributed by atoms with Crippen LogP contribution in [0.1, 0.15) is 33.1 Å². The molecule has 0 amide bonds. The molecule has 98 valence electrons. The zero-order valence-corrected chi connectivity index (χ0v) is 11.6. The van der Waals surface area contributed by atoms with Crippen molar-refractivity contribution in [2.45, 2.75) is 33.1 Å². The molecule has 1 aliphatic heterocycles. The van der Waals surface area contributed by atoms with Crippen LogP contribution in [-0.4, -0.2) is 38.1 Å². The Morgan fingerprint density at radius 3 is 2.82 bits per heavy atom. The molecule has 2 atom stereocenters. The van der Waals surface area contributed by atoms with Crippen LogP contribution in [0, 0.1) is 29.1 Å². The van der Waals surface area contributed by atoms with Crippen LogP contribution in [0.3, 0.4) is 0 Å². The number of rotatable bonds is 6. The normalized spacial score (nSPS) is 23.6. The fourth-order valence-electron chi connectivity index (χ4n) is 2.50. The first-order chi connectivity index (χ1) is 8.13. The Labute approximate surface area is 106 Å². The van der Waals surface area contributed by atoms with Crippen molar-refractivity contribution in [1.82, 2.24) is 10.2 Å². The highest BCUT2D eigenvalue weighted by Crippen LogP contribution is 2.17. The second-order valence-corrected chi connectivity index (χ2v) is 5.74. The second-order valence-electron chi connectivity index (χ2n) is 5.74. The fraction of sp³-hybridized carbons (Fsp3) is 0.929. The first-order valence-corrected chi connectivity index (χ1v) is 6.92. The van der Waals surface area contributed by atoms with Crippen LogP contribution in [0.5, 0.6) is 0 Å². The number of hydrogen-bond donors (Lipinski definition) is 1. The van der Waals surface area contributed by atoms with Crippen LogP contribution in [0.15, 0.2) is 0 Å². The van der Waals surface area contributed by atoms with Crippen molar-refractivity contribution in [3.8, 4) is 6.07 Å². The summed E-state index contributed by atoms with van der Waals surface area (Å²) < 4.78 is 0. The third kappa shape index (κ3) is 5.52. The lowest BCUT2D eigenvalue weighted by atomic mass is 9.94. The number of likely N-dealkylation sites (tertiary alicyclic amines) is 1. The van der Waals surface area contributed by atoms with Gasteiger partial charge in [-0.15, -0.1) is 0 Å². The van der Waals surface area contributed by atoms with Gasteiger partial charge < -0.3 is 10.2 Å². The molecule has 1 aliphatic rings. The summed E-state index contributed by atoms with van der Waals surface area (Å²) in [6.45, 7) is 8.64. The first kappa shape index (κ1) is 14.5.